The molecule has 1 saturated heterocycles. The summed E-state index contributed by atoms with van der Waals surface area (Å²) in [5.41, 5.74) is 2.00. The average Bonchev–Trinajstić information content (AvgIpc) is 3.45. The summed E-state index contributed by atoms with van der Waals surface area (Å²) >= 11 is 5.98. The molecule has 9 heteroatoms. The van der Waals surface area contributed by atoms with E-state index in [1.807, 2.05) is 6.92 Å². The Bertz CT molecular complexity index is 1350. The maximum Gasteiger partial charge on any atom is 0.169 e. The Morgan fingerprint density at radius 1 is 1.18 bits per heavy atom. The highest BCUT2D eigenvalue weighted by Crippen LogP contribution is 2.45. The zero-order chi connectivity index (χ0) is 23.1. The summed E-state index contributed by atoms with van der Waals surface area (Å²) in [6.07, 6.45) is 2.39. The molecule has 2 aromatic carbocycles. The van der Waals surface area contributed by atoms with E-state index in [0.29, 0.717) is 51.5 Å². The van der Waals surface area contributed by atoms with Crippen LogP contribution in [0.5, 0.6) is 17.2 Å². The minimum Gasteiger partial charge on any atom is -0.506 e. The molecule has 4 aromatic rings. The van der Waals surface area contributed by atoms with E-state index in [4.69, 9.17) is 21.1 Å². The largest absolute Gasteiger partial charge is 0.506 e. The topological polar surface area (TPSA) is 83.5 Å². The van der Waals surface area contributed by atoms with E-state index in [0.717, 1.165) is 19.6 Å². The highest BCUT2D eigenvalue weighted by molar-refractivity contribution is 6.32. The SMILES string of the molecule is COc1c(OCCN2CCCC2)cc(F)c2c(-c3ccc(Cl)c(O)c3)nc3[nH]nc(C)c3c12. The summed E-state index contributed by atoms with van der Waals surface area (Å²) in [7, 11) is 1.54. The number of aryl methyl sites for hydroxylation is 1. The molecule has 7 nitrogen and oxygen atoms in total. The molecule has 1 fully saturated rings. The van der Waals surface area contributed by atoms with Gasteiger partial charge in [-0.25, -0.2) is 9.37 Å². The second-order valence-electron chi connectivity index (χ2n) is 8.20. The second kappa shape index (κ2) is 8.68. The molecule has 1 aliphatic heterocycles. The van der Waals surface area contributed by atoms with Crippen LogP contribution in [0.4, 0.5) is 4.39 Å². The molecule has 172 valence electrons. The van der Waals surface area contributed by atoms with Crippen LogP contribution >= 0.6 is 11.6 Å². The first-order valence-corrected chi connectivity index (χ1v) is 11.2. The van der Waals surface area contributed by atoms with Gasteiger partial charge in [0.25, 0.3) is 0 Å². The Balaban J connectivity index is 1.70. The highest BCUT2D eigenvalue weighted by Gasteiger charge is 2.24. The van der Waals surface area contributed by atoms with Gasteiger partial charge in [0.2, 0.25) is 0 Å². The second-order valence-corrected chi connectivity index (χ2v) is 8.60. The monoisotopic (exact) mass is 470 g/mol. The molecule has 2 N–H and O–H groups in total. The van der Waals surface area contributed by atoms with Gasteiger partial charge in [-0.1, -0.05) is 17.7 Å². The van der Waals surface area contributed by atoms with E-state index >= 15 is 4.39 Å². The summed E-state index contributed by atoms with van der Waals surface area (Å²) < 4.78 is 27.4. The Kier molecular flexibility index (Phi) is 5.72. The van der Waals surface area contributed by atoms with E-state index in [1.165, 1.54) is 32.1 Å². The minimum absolute atomic E-state index is 0.112. The molecular weight excluding hydrogens is 447 g/mol. The number of hydrogen-bond acceptors (Lipinski definition) is 6. The van der Waals surface area contributed by atoms with Crippen molar-refractivity contribution in [2.75, 3.05) is 33.4 Å². The third kappa shape index (κ3) is 3.83. The van der Waals surface area contributed by atoms with Crippen molar-refractivity contribution in [1.82, 2.24) is 20.1 Å². The molecule has 0 amide bonds. The standard InChI is InChI=1S/C24H24ClFN4O3/c1-13-19-21-20(22(27-24(19)29-28-13)14-5-6-15(25)17(31)11-14)16(26)12-18(23(21)32-2)33-10-9-30-7-3-4-8-30/h5-6,11-12,31H,3-4,7-10H2,1-2H3,(H,27,28,29). The summed E-state index contributed by atoms with van der Waals surface area (Å²) in [6.45, 7) is 5.15. The van der Waals surface area contributed by atoms with Gasteiger partial charge in [0.05, 0.1) is 28.9 Å². The molecule has 5 rings (SSSR count). The Hall–Kier alpha value is -3.10. The fourth-order valence-corrected chi connectivity index (χ4v) is 4.63. The van der Waals surface area contributed by atoms with Gasteiger partial charge < -0.3 is 14.6 Å². The molecule has 0 spiro atoms. The van der Waals surface area contributed by atoms with Gasteiger partial charge in [0.15, 0.2) is 17.1 Å². The van der Waals surface area contributed by atoms with Gasteiger partial charge in [0.1, 0.15) is 18.2 Å². The van der Waals surface area contributed by atoms with Crippen LogP contribution in [0.3, 0.4) is 0 Å². The molecule has 2 aromatic heterocycles. The number of halogens is 2. The normalized spacial score (nSPS) is 14.4. The first kappa shape index (κ1) is 21.7. The van der Waals surface area contributed by atoms with E-state index in [9.17, 15) is 5.11 Å². The van der Waals surface area contributed by atoms with Gasteiger partial charge in [-0.15, -0.1) is 0 Å². The number of ether oxygens (including phenoxy) is 2. The molecular formula is C24H24ClFN4O3. The maximum atomic E-state index is 15.7. The van der Waals surface area contributed by atoms with Crippen LogP contribution in [-0.2, 0) is 0 Å². The van der Waals surface area contributed by atoms with Crippen LogP contribution in [-0.4, -0.2) is 58.5 Å². The number of methoxy groups -OCH3 is 1. The summed E-state index contributed by atoms with van der Waals surface area (Å²) in [5.74, 6) is 0.143. The van der Waals surface area contributed by atoms with Gasteiger partial charge >= 0.3 is 0 Å². The lowest BCUT2D eigenvalue weighted by molar-refractivity contribution is 0.230. The van der Waals surface area contributed by atoms with E-state index in [-0.39, 0.29) is 16.2 Å². The number of H-pyrrole nitrogens is 1. The first-order valence-electron chi connectivity index (χ1n) is 10.9. The summed E-state index contributed by atoms with van der Waals surface area (Å²) in [6, 6.07) is 6.04. The van der Waals surface area contributed by atoms with E-state index in [2.05, 4.69) is 20.1 Å². The molecule has 1 aliphatic rings. The van der Waals surface area contributed by atoms with Gasteiger partial charge in [0, 0.05) is 28.9 Å². The van der Waals surface area contributed by atoms with Crippen molar-refractivity contribution < 1.29 is 19.0 Å². The lowest BCUT2D eigenvalue weighted by Crippen LogP contribution is -2.25. The first-order chi connectivity index (χ1) is 16.0. The van der Waals surface area contributed by atoms with Crippen molar-refractivity contribution in [1.29, 1.82) is 0 Å². The molecule has 0 atom stereocenters. The number of pyridine rings is 1. The number of phenols is 1. The lowest BCUT2D eigenvalue weighted by atomic mass is 9.99. The molecule has 0 aliphatic carbocycles. The average molecular weight is 471 g/mol. The quantitative estimate of drug-likeness (QED) is 0.409. The van der Waals surface area contributed by atoms with Gasteiger partial charge in [-0.2, -0.15) is 5.10 Å². The number of nitrogens with zero attached hydrogens (tertiary/aromatic N) is 3. The summed E-state index contributed by atoms with van der Waals surface area (Å²) in [4.78, 5) is 6.96. The zero-order valence-corrected chi connectivity index (χ0v) is 19.2. The van der Waals surface area contributed by atoms with Crippen LogP contribution in [0.15, 0.2) is 24.3 Å². The number of benzene rings is 2. The van der Waals surface area contributed by atoms with E-state index in [1.54, 1.807) is 12.1 Å². The number of aromatic amines is 1. The molecule has 0 radical (unpaired) electrons. The molecule has 0 bridgehead atoms. The predicted octanol–water partition coefficient (Wildman–Crippen LogP) is 5.07. The molecule has 33 heavy (non-hydrogen) atoms. The number of likely N-dealkylation sites (tertiary alicyclic amines) is 1. The van der Waals surface area contributed by atoms with Crippen molar-refractivity contribution >= 4 is 33.4 Å². The van der Waals surface area contributed by atoms with Gasteiger partial charge in [-0.3, -0.25) is 10.00 Å². The fraction of sp³-hybridized carbons (Fsp3) is 0.333. The number of nitrogens with one attached hydrogen (secondary N) is 1. The smallest absolute Gasteiger partial charge is 0.169 e. The highest BCUT2D eigenvalue weighted by atomic mass is 35.5. The molecule has 0 saturated carbocycles. The maximum absolute atomic E-state index is 15.7. The van der Waals surface area contributed by atoms with Crippen LogP contribution in [0, 0.1) is 12.7 Å². The van der Waals surface area contributed by atoms with Crippen molar-refractivity contribution in [2.24, 2.45) is 0 Å². The van der Waals surface area contributed by atoms with Crippen molar-refractivity contribution in [3.05, 3.63) is 40.8 Å². The van der Waals surface area contributed by atoms with Crippen molar-refractivity contribution in [3.63, 3.8) is 0 Å². The number of hydrogen-bond donors (Lipinski definition) is 2. The molecule has 3 heterocycles. The third-order valence-electron chi connectivity index (χ3n) is 6.12. The summed E-state index contributed by atoms with van der Waals surface area (Å²) in [5, 5.41) is 19.0. The zero-order valence-electron chi connectivity index (χ0n) is 18.4. The number of rotatable bonds is 6. The van der Waals surface area contributed by atoms with Crippen LogP contribution in [0.1, 0.15) is 18.5 Å². The minimum atomic E-state index is -0.499. The van der Waals surface area contributed by atoms with Gasteiger partial charge in [-0.05, 0) is 45.0 Å². The number of phenolic OH excluding ortho intramolecular Hbond substituents is 1. The van der Waals surface area contributed by atoms with E-state index < -0.39 is 5.82 Å². The van der Waals surface area contributed by atoms with Crippen LogP contribution < -0.4 is 9.47 Å². The predicted molar refractivity (Wildman–Crippen MR) is 126 cm³/mol. The van der Waals surface area contributed by atoms with Crippen LogP contribution in [0.25, 0.3) is 33.1 Å². The third-order valence-corrected chi connectivity index (χ3v) is 6.44. The lowest BCUT2D eigenvalue weighted by Gasteiger charge is -2.18. The number of aromatic hydroxyl groups is 1. The Labute approximate surface area is 195 Å². The van der Waals surface area contributed by atoms with Crippen molar-refractivity contribution in [3.8, 4) is 28.5 Å². The Morgan fingerprint density at radius 2 is 1.97 bits per heavy atom. The Morgan fingerprint density at radius 3 is 2.70 bits per heavy atom. The molecule has 0 unspecified atom stereocenters. The number of aromatic nitrogens is 3. The van der Waals surface area contributed by atoms with Crippen LogP contribution in [0.2, 0.25) is 5.02 Å². The van der Waals surface area contributed by atoms with Crippen molar-refractivity contribution in [2.45, 2.75) is 19.8 Å². The fourth-order valence-electron chi connectivity index (χ4n) is 4.52. The number of fused-ring (bicyclic) bond motifs is 3.